The number of anilines is 2. The van der Waals surface area contributed by atoms with Crippen molar-refractivity contribution in [1.29, 1.82) is 0 Å². The fourth-order valence-electron chi connectivity index (χ4n) is 4.74. The predicted molar refractivity (Wildman–Crippen MR) is 110 cm³/mol. The summed E-state index contributed by atoms with van der Waals surface area (Å²) >= 11 is 0. The molecule has 0 saturated carbocycles. The second-order valence-electron chi connectivity index (χ2n) is 7.89. The van der Waals surface area contributed by atoms with E-state index in [9.17, 15) is 0 Å². The molecule has 2 aliphatic rings. The van der Waals surface area contributed by atoms with Crippen LogP contribution in [-0.2, 0) is 10.2 Å². The molecule has 2 heterocycles. The fourth-order valence-corrected chi connectivity index (χ4v) is 4.74. The van der Waals surface area contributed by atoms with Crippen LogP contribution in [-0.4, -0.2) is 39.4 Å². The zero-order valence-corrected chi connectivity index (χ0v) is 16.0. The van der Waals surface area contributed by atoms with Crippen molar-refractivity contribution in [3.63, 3.8) is 0 Å². The monoisotopic (exact) mass is 348 g/mol. The number of hydrogen-bond donors (Lipinski definition) is 0. The Kier molecular flexibility index (Phi) is 4.28. The normalized spacial score (nSPS) is 21.6. The first kappa shape index (κ1) is 17.2. The number of benzene rings is 2. The molecule has 0 spiro atoms. The fraction of sp³-hybridized carbons (Fsp3) is 0.391. The number of para-hydroxylation sites is 2. The predicted octanol–water partition coefficient (Wildman–Crippen LogP) is 4.33. The van der Waals surface area contributed by atoms with Gasteiger partial charge in [-0.25, -0.2) is 0 Å². The lowest BCUT2D eigenvalue weighted by atomic mass is 9.76. The van der Waals surface area contributed by atoms with Crippen molar-refractivity contribution >= 4 is 16.9 Å². The van der Waals surface area contributed by atoms with Gasteiger partial charge in [-0.2, -0.15) is 0 Å². The quantitative estimate of drug-likeness (QED) is 0.821. The van der Waals surface area contributed by atoms with E-state index >= 15 is 0 Å². The molecular weight excluding hydrogens is 320 g/mol. The van der Waals surface area contributed by atoms with E-state index in [1.54, 1.807) is 0 Å². The van der Waals surface area contributed by atoms with Gasteiger partial charge in [0.2, 0.25) is 0 Å². The minimum atomic E-state index is 0.0144. The zero-order chi connectivity index (χ0) is 18.3. The standard InChI is InChI=1S/C23H28N2O/c1-17(18-9-5-7-11-20(18)25-13-15-26-16-14-25)22-23(2,3)19-10-6-8-12-21(19)24(22)4/h5-12,22H,1,13-16H2,2-4H3. The molecule has 0 bridgehead atoms. The van der Waals surface area contributed by atoms with Gasteiger partial charge in [-0.3, -0.25) is 0 Å². The van der Waals surface area contributed by atoms with Gasteiger partial charge < -0.3 is 14.5 Å². The van der Waals surface area contributed by atoms with Crippen LogP contribution in [0.1, 0.15) is 25.0 Å². The Morgan fingerprint density at radius 2 is 1.62 bits per heavy atom. The lowest BCUT2D eigenvalue weighted by molar-refractivity contribution is 0.122. The third-order valence-electron chi connectivity index (χ3n) is 5.98. The minimum Gasteiger partial charge on any atom is -0.378 e. The molecule has 1 saturated heterocycles. The maximum Gasteiger partial charge on any atom is 0.0642 e. The summed E-state index contributed by atoms with van der Waals surface area (Å²) in [5, 5.41) is 0. The van der Waals surface area contributed by atoms with Crippen LogP contribution >= 0.6 is 0 Å². The minimum absolute atomic E-state index is 0.0144. The van der Waals surface area contributed by atoms with Gasteiger partial charge in [0, 0.05) is 42.5 Å². The van der Waals surface area contributed by atoms with Crippen LogP contribution in [0.2, 0.25) is 0 Å². The van der Waals surface area contributed by atoms with Gasteiger partial charge >= 0.3 is 0 Å². The summed E-state index contributed by atoms with van der Waals surface area (Å²) in [6, 6.07) is 17.7. The molecule has 0 aliphatic carbocycles. The van der Waals surface area contributed by atoms with Crippen molar-refractivity contribution in [2.45, 2.75) is 25.3 Å². The molecule has 2 aromatic rings. The first-order chi connectivity index (χ1) is 12.5. The van der Waals surface area contributed by atoms with E-state index in [2.05, 4.69) is 85.8 Å². The van der Waals surface area contributed by atoms with Gasteiger partial charge in [0.15, 0.2) is 0 Å². The Bertz CT molecular complexity index is 820. The molecule has 3 heteroatoms. The summed E-state index contributed by atoms with van der Waals surface area (Å²) in [7, 11) is 2.20. The Morgan fingerprint density at radius 3 is 2.31 bits per heavy atom. The van der Waals surface area contributed by atoms with Crippen LogP contribution in [0.3, 0.4) is 0 Å². The number of fused-ring (bicyclic) bond motifs is 1. The smallest absolute Gasteiger partial charge is 0.0642 e. The van der Waals surface area contributed by atoms with Crippen molar-refractivity contribution in [1.82, 2.24) is 0 Å². The van der Waals surface area contributed by atoms with Gasteiger partial charge in [-0.05, 0) is 23.3 Å². The molecule has 1 unspecified atom stereocenters. The van der Waals surface area contributed by atoms with Crippen molar-refractivity contribution in [2.75, 3.05) is 43.2 Å². The number of hydrogen-bond acceptors (Lipinski definition) is 3. The number of rotatable bonds is 3. The van der Waals surface area contributed by atoms with Crippen LogP contribution in [0.25, 0.3) is 5.57 Å². The summed E-state index contributed by atoms with van der Waals surface area (Å²) < 4.78 is 5.54. The molecule has 3 nitrogen and oxygen atoms in total. The van der Waals surface area contributed by atoms with Crippen molar-refractivity contribution in [3.8, 4) is 0 Å². The number of morpholine rings is 1. The zero-order valence-electron chi connectivity index (χ0n) is 16.0. The van der Waals surface area contributed by atoms with Crippen LogP contribution < -0.4 is 9.80 Å². The van der Waals surface area contributed by atoms with Crippen molar-refractivity contribution in [2.24, 2.45) is 0 Å². The van der Waals surface area contributed by atoms with Crippen molar-refractivity contribution in [3.05, 3.63) is 66.2 Å². The van der Waals surface area contributed by atoms with E-state index in [-0.39, 0.29) is 11.5 Å². The van der Waals surface area contributed by atoms with Gasteiger partial charge in [0.1, 0.15) is 0 Å². The Hall–Kier alpha value is -2.26. The third kappa shape index (κ3) is 2.62. The van der Waals surface area contributed by atoms with E-state index in [1.807, 2.05) is 0 Å². The Balaban J connectivity index is 1.73. The van der Waals surface area contributed by atoms with E-state index in [1.165, 1.54) is 28.1 Å². The summed E-state index contributed by atoms with van der Waals surface area (Å²) in [6.07, 6.45) is 0. The molecule has 2 aromatic carbocycles. The Morgan fingerprint density at radius 1 is 1.00 bits per heavy atom. The highest BCUT2D eigenvalue weighted by Gasteiger charge is 2.44. The van der Waals surface area contributed by atoms with Gasteiger partial charge in [-0.1, -0.05) is 56.8 Å². The summed E-state index contributed by atoms with van der Waals surface area (Å²) in [4.78, 5) is 4.83. The van der Waals surface area contributed by atoms with E-state index < -0.39 is 0 Å². The van der Waals surface area contributed by atoms with Gasteiger partial charge in [0.05, 0.1) is 19.3 Å². The highest BCUT2D eigenvalue weighted by molar-refractivity contribution is 5.84. The molecule has 0 N–H and O–H groups in total. The lowest BCUT2D eigenvalue weighted by Crippen LogP contribution is -2.41. The van der Waals surface area contributed by atoms with E-state index in [0.29, 0.717) is 0 Å². The molecule has 136 valence electrons. The number of nitrogens with zero attached hydrogens (tertiary/aromatic N) is 2. The van der Waals surface area contributed by atoms with E-state index in [0.717, 1.165) is 26.3 Å². The highest BCUT2D eigenvalue weighted by Crippen LogP contribution is 2.49. The lowest BCUT2D eigenvalue weighted by Gasteiger charge is -2.37. The molecule has 1 fully saturated rings. The van der Waals surface area contributed by atoms with Crippen LogP contribution in [0, 0.1) is 0 Å². The molecule has 26 heavy (non-hydrogen) atoms. The number of likely N-dealkylation sites (N-methyl/N-ethyl adjacent to an activating group) is 1. The molecule has 0 aromatic heterocycles. The maximum absolute atomic E-state index is 5.54. The largest absolute Gasteiger partial charge is 0.378 e. The second-order valence-corrected chi connectivity index (χ2v) is 7.89. The SMILES string of the molecule is C=C(c1ccccc1N1CCOCC1)C1N(C)c2ccccc2C1(C)C. The maximum atomic E-state index is 5.54. The van der Waals surface area contributed by atoms with Crippen LogP contribution in [0.15, 0.2) is 55.1 Å². The first-order valence-electron chi connectivity index (χ1n) is 9.45. The second kappa shape index (κ2) is 6.48. The summed E-state index contributed by atoms with van der Waals surface area (Å²) in [6.45, 7) is 12.7. The van der Waals surface area contributed by atoms with Crippen molar-refractivity contribution < 1.29 is 4.74 Å². The summed E-state index contributed by atoms with van der Waals surface area (Å²) in [5.41, 5.74) is 6.45. The van der Waals surface area contributed by atoms with Crippen LogP contribution in [0.5, 0.6) is 0 Å². The average Bonchev–Trinajstić information content (AvgIpc) is 2.88. The molecule has 4 rings (SSSR count). The number of ether oxygens (including phenoxy) is 1. The van der Waals surface area contributed by atoms with Gasteiger partial charge in [-0.15, -0.1) is 0 Å². The Labute approximate surface area is 156 Å². The topological polar surface area (TPSA) is 15.7 Å². The molecule has 0 radical (unpaired) electrons. The molecular formula is C23H28N2O. The molecule has 2 aliphatic heterocycles. The summed E-state index contributed by atoms with van der Waals surface area (Å²) in [5.74, 6) is 0. The van der Waals surface area contributed by atoms with Gasteiger partial charge in [0.25, 0.3) is 0 Å². The molecule has 1 atom stereocenters. The third-order valence-corrected chi connectivity index (χ3v) is 5.98. The van der Waals surface area contributed by atoms with E-state index in [4.69, 9.17) is 4.74 Å². The molecule has 0 amide bonds. The highest BCUT2D eigenvalue weighted by atomic mass is 16.5. The average molecular weight is 348 g/mol. The van der Waals surface area contributed by atoms with Crippen LogP contribution in [0.4, 0.5) is 11.4 Å². The first-order valence-corrected chi connectivity index (χ1v) is 9.45.